The third-order valence-corrected chi connectivity index (χ3v) is 6.92. The summed E-state index contributed by atoms with van der Waals surface area (Å²) in [6.45, 7) is 8.58. The van der Waals surface area contributed by atoms with Crippen LogP contribution >= 0.6 is 11.6 Å². The second kappa shape index (κ2) is 9.71. The molecule has 35 heavy (non-hydrogen) atoms. The topological polar surface area (TPSA) is 93.4 Å². The first-order chi connectivity index (χ1) is 16.7. The number of nitrogens with one attached hydrogen (secondary N) is 1. The van der Waals surface area contributed by atoms with Crippen LogP contribution < -0.4 is 10.3 Å². The number of fused-ring (bicyclic) bond motifs is 1. The summed E-state index contributed by atoms with van der Waals surface area (Å²) >= 11 is 6.75. The molecule has 3 aromatic heterocycles. The molecule has 3 heterocycles. The van der Waals surface area contributed by atoms with E-state index < -0.39 is 0 Å². The molecule has 1 unspecified atom stereocenters. The quantitative estimate of drug-likeness (QED) is 0.348. The number of aromatic amines is 1. The summed E-state index contributed by atoms with van der Waals surface area (Å²) in [7, 11) is 3.52. The highest BCUT2D eigenvalue weighted by atomic mass is 35.5. The van der Waals surface area contributed by atoms with E-state index in [0.29, 0.717) is 40.7 Å². The molecule has 8 nitrogen and oxygen atoms in total. The van der Waals surface area contributed by atoms with Gasteiger partial charge in [-0.2, -0.15) is 0 Å². The zero-order chi connectivity index (χ0) is 25.4. The van der Waals surface area contributed by atoms with Gasteiger partial charge in [-0.3, -0.25) is 14.5 Å². The Morgan fingerprint density at radius 3 is 2.69 bits per heavy atom. The number of aldehydes is 1. The molecule has 0 fully saturated rings. The molecule has 184 valence electrons. The average Bonchev–Trinajstić information content (AvgIpc) is 3.36. The van der Waals surface area contributed by atoms with Crippen LogP contribution in [0.4, 0.5) is 0 Å². The first-order valence-corrected chi connectivity index (χ1v) is 11.7. The fourth-order valence-electron chi connectivity index (χ4n) is 4.54. The molecule has 9 heteroatoms. The molecule has 1 aromatic carbocycles. The number of pyridine rings is 1. The van der Waals surface area contributed by atoms with E-state index in [1.807, 2.05) is 56.8 Å². The monoisotopic (exact) mass is 496 g/mol. The third kappa shape index (κ3) is 4.51. The maximum Gasteiger partial charge on any atom is 0.256 e. The summed E-state index contributed by atoms with van der Waals surface area (Å²) in [4.78, 5) is 29.6. The molecule has 0 spiro atoms. The number of benzene rings is 1. The van der Waals surface area contributed by atoms with Crippen molar-refractivity contribution < 1.29 is 14.1 Å². The summed E-state index contributed by atoms with van der Waals surface area (Å²) in [5.74, 6) is 1.22. The van der Waals surface area contributed by atoms with Crippen LogP contribution in [-0.4, -0.2) is 46.1 Å². The van der Waals surface area contributed by atoms with Gasteiger partial charge in [0, 0.05) is 47.5 Å². The Balaban J connectivity index is 1.67. The zero-order valence-corrected chi connectivity index (χ0v) is 21.5. The number of nitrogens with zero attached hydrogens (tertiary/aromatic N) is 3. The van der Waals surface area contributed by atoms with Crippen LogP contribution in [0.15, 0.2) is 33.7 Å². The molecule has 0 radical (unpaired) electrons. The minimum absolute atomic E-state index is 0.0384. The number of halogens is 1. The van der Waals surface area contributed by atoms with Gasteiger partial charge in [-0.05, 0) is 52.9 Å². The molecule has 0 aliphatic rings. The molecule has 4 rings (SSSR count). The predicted molar refractivity (Wildman–Crippen MR) is 137 cm³/mol. The van der Waals surface area contributed by atoms with Crippen LogP contribution in [0.1, 0.15) is 40.0 Å². The number of methoxy groups -OCH3 is 1. The Labute approximate surface area is 208 Å². The van der Waals surface area contributed by atoms with Crippen LogP contribution in [0, 0.1) is 20.8 Å². The van der Waals surface area contributed by atoms with Gasteiger partial charge in [0.1, 0.15) is 11.5 Å². The Hall–Kier alpha value is -3.36. The molecule has 1 N–H and O–H groups in total. The lowest BCUT2D eigenvalue weighted by Gasteiger charge is -2.26. The Kier molecular flexibility index (Phi) is 6.87. The van der Waals surface area contributed by atoms with Crippen molar-refractivity contribution in [3.05, 3.63) is 68.0 Å². The molecule has 0 saturated carbocycles. The average molecular weight is 497 g/mol. The van der Waals surface area contributed by atoms with Crippen LogP contribution in [0.5, 0.6) is 5.75 Å². The smallest absolute Gasteiger partial charge is 0.256 e. The number of rotatable bonds is 8. The van der Waals surface area contributed by atoms with E-state index in [4.69, 9.17) is 20.9 Å². The molecule has 4 aromatic rings. The predicted octanol–water partition coefficient (Wildman–Crippen LogP) is 4.90. The molecular formula is C26H29ClN4O4. The normalized spacial score (nSPS) is 12.5. The van der Waals surface area contributed by atoms with Crippen LogP contribution in [-0.2, 0) is 13.1 Å². The maximum absolute atomic E-state index is 12.5. The van der Waals surface area contributed by atoms with E-state index in [2.05, 4.69) is 22.0 Å². The number of hydrogen-bond donors (Lipinski definition) is 1. The van der Waals surface area contributed by atoms with Crippen molar-refractivity contribution in [3.8, 4) is 16.9 Å². The van der Waals surface area contributed by atoms with E-state index in [0.717, 1.165) is 39.7 Å². The summed E-state index contributed by atoms with van der Waals surface area (Å²) in [5, 5.41) is 5.30. The number of carbonyl (C=O) groups excluding carboxylic acids is 1. The lowest BCUT2D eigenvalue weighted by molar-refractivity contribution is 0.112. The molecule has 0 amide bonds. The van der Waals surface area contributed by atoms with Crippen molar-refractivity contribution in [3.63, 3.8) is 0 Å². The lowest BCUT2D eigenvalue weighted by atomic mass is 9.99. The summed E-state index contributed by atoms with van der Waals surface area (Å²) in [5.41, 5.74) is 4.61. The minimum Gasteiger partial charge on any atom is -0.496 e. The highest BCUT2D eigenvalue weighted by Gasteiger charge is 2.22. The van der Waals surface area contributed by atoms with Gasteiger partial charge in [0.05, 0.1) is 34.5 Å². The largest absolute Gasteiger partial charge is 0.496 e. The van der Waals surface area contributed by atoms with Gasteiger partial charge in [-0.1, -0.05) is 16.8 Å². The second-order valence-electron chi connectivity index (χ2n) is 8.97. The maximum atomic E-state index is 12.5. The summed E-state index contributed by atoms with van der Waals surface area (Å²) in [6.07, 6.45) is 2.75. The van der Waals surface area contributed by atoms with Crippen molar-refractivity contribution in [1.29, 1.82) is 0 Å². The Bertz CT molecular complexity index is 1450. The number of hydrogen-bond acceptors (Lipinski definition) is 6. The van der Waals surface area contributed by atoms with Crippen molar-refractivity contribution in [2.75, 3.05) is 14.2 Å². The third-order valence-electron chi connectivity index (χ3n) is 6.51. The van der Waals surface area contributed by atoms with Crippen molar-refractivity contribution in [2.45, 2.75) is 46.8 Å². The SMILES string of the molecule is COc1cc(C)[nH]c(=O)c1CN(C)C(C)Cn1ccc2cc(-c3c(C)noc3C)c(Cl)c(C=O)c21. The van der Waals surface area contributed by atoms with Gasteiger partial charge < -0.3 is 18.8 Å². The molecular weight excluding hydrogens is 468 g/mol. The van der Waals surface area contributed by atoms with Gasteiger partial charge in [0.25, 0.3) is 5.56 Å². The van der Waals surface area contributed by atoms with Gasteiger partial charge in [0.2, 0.25) is 0 Å². The lowest BCUT2D eigenvalue weighted by Crippen LogP contribution is -2.34. The standard InChI is InChI=1S/C26H29ClN4O4/c1-14-9-22(34-6)20(26(33)28-14)12-30(5)15(2)11-31-8-7-18-10-19(23-16(3)29-35-17(23)4)24(27)21(13-32)25(18)31/h7-10,13,15H,11-12H2,1-6H3,(H,28,33). The highest BCUT2D eigenvalue weighted by molar-refractivity contribution is 6.37. The Morgan fingerprint density at radius 2 is 2.06 bits per heavy atom. The summed E-state index contributed by atoms with van der Waals surface area (Å²) < 4.78 is 12.8. The van der Waals surface area contributed by atoms with Gasteiger partial charge in [0.15, 0.2) is 6.29 Å². The fourth-order valence-corrected chi connectivity index (χ4v) is 4.82. The van der Waals surface area contributed by atoms with Crippen molar-refractivity contribution >= 4 is 28.8 Å². The number of aryl methyl sites for hydroxylation is 3. The number of carbonyl (C=O) groups is 1. The van der Waals surface area contributed by atoms with E-state index in [1.165, 1.54) is 0 Å². The summed E-state index contributed by atoms with van der Waals surface area (Å²) in [6, 6.07) is 5.81. The van der Waals surface area contributed by atoms with Crippen LogP contribution in [0.3, 0.4) is 0 Å². The first-order valence-electron chi connectivity index (χ1n) is 11.3. The molecule has 0 aliphatic carbocycles. The fraction of sp³-hybridized carbons (Fsp3) is 0.346. The highest BCUT2D eigenvalue weighted by Crippen LogP contribution is 2.39. The zero-order valence-electron chi connectivity index (χ0n) is 20.7. The first kappa shape index (κ1) is 24.8. The van der Waals surface area contributed by atoms with Gasteiger partial charge in [-0.15, -0.1) is 0 Å². The van der Waals surface area contributed by atoms with E-state index in [-0.39, 0.29) is 11.6 Å². The van der Waals surface area contributed by atoms with E-state index >= 15 is 0 Å². The Morgan fingerprint density at radius 1 is 1.31 bits per heavy atom. The van der Waals surface area contributed by atoms with Crippen LogP contribution in [0.25, 0.3) is 22.0 Å². The van der Waals surface area contributed by atoms with Crippen molar-refractivity contribution in [1.82, 2.24) is 19.6 Å². The number of H-pyrrole nitrogens is 1. The van der Waals surface area contributed by atoms with E-state index in [1.54, 1.807) is 7.11 Å². The molecule has 0 saturated heterocycles. The second-order valence-corrected chi connectivity index (χ2v) is 9.35. The minimum atomic E-state index is -0.158. The number of likely N-dealkylation sites (N-methyl/N-ethyl adjacent to an activating group) is 1. The molecule has 0 aliphatic heterocycles. The number of aromatic nitrogens is 3. The van der Waals surface area contributed by atoms with Crippen molar-refractivity contribution in [2.24, 2.45) is 0 Å². The van der Waals surface area contributed by atoms with Gasteiger partial charge >= 0.3 is 0 Å². The van der Waals surface area contributed by atoms with Crippen LogP contribution in [0.2, 0.25) is 5.02 Å². The molecule has 0 bridgehead atoms. The van der Waals surface area contributed by atoms with E-state index in [9.17, 15) is 9.59 Å². The molecule has 1 atom stereocenters. The number of ether oxygens (including phenoxy) is 1. The van der Waals surface area contributed by atoms with Gasteiger partial charge in [-0.25, -0.2) is 0 Å².